The lowest BCUT2D eigenvalue weighted by Gasteiger charge is -2.33. The van der Waals surface area contributed by atoms with Crippen LogP contribution in [0.25, 0.3) is 16.6 Å². The number of para-hydroxylation sites is 1. The molecule has 1 amide bonds. The lowest BCUT2D eigenvalue weighted by molar-refractivity contribution is -0.116. The zero-order valence-corrected chi connectivity index (χ0v) is 16.6. The number of hydrogen-bond acceptors (Lipinski definition) is 5. The first kappa shape index (κ1) is 16.6. The number of nitrogens with zero attached hydrogens (tertiary/aromatic N) is 3. The van der Waals surface area contributed by atoms with Crippen LogP contribution in [0.15, 0.2) is 63.2 Å². The van der Waals surface area contributed by atoms with Crippen LogP contribution in [0.2, 0.25) is 0 Å². The number of H-pyrrole nitrogens is 1. The number of aromatic amines is 1. The number of fused-ring (bicyclic) bond motifs is 3. The highest BCUT2D eigenvalue weighted by atomic mass is 79.9. The molecule has 0 bridgehead atoms. The Hall–Kier alpha value is -2.58. The Bertz CT molecular complexity index is 1250. The summed E-state index contributed by atoms with van der Waals surface area (Å²) in [6.45, 7) is 0. The molecule has 0 saturated heterocycles. The summed E-state index contributed by atoms with van der Waals surface area (Å²) in [4.78, 5) is 21.1. The van der Waals surface area contributed by atoms with Crippen molar-refractivity contribution in [2.24, 2.45) is 10.1 Å². The van der Waals surface area contributed by atoms with E-state index in [0.717, 1.165) is 31.5 Å². The first-order valence-corrected chi connectivity index (χ1v) is 10.3. The van der Waals surface area contributed by atoms with Crippen molar-refractivity contribution in [3.05, 3.63) is 69.3 Å². The molecular formula is C19H14BrN5OS. The highest BCUT2D eigenvalue weighted by Gasteiger charge is 2.35. The lowest BCUT2D eigenvalue weighted by Crippen LogP contribution is -2.50. The second-order valence-electron chi connectivity index (χ2n) is 6.21. The molecule has 2 aliphatic rings. The Morgan fingerprint density at radius 3 is 2.93 bits per heavy atom. The smallest absolute Gasteiger partial charge is 0.276 e. The molecule has 27 heavy (non-hydrogen) atoms. The maximum atomic E-state index is 12.9. The van der Waals surface area contributed by atoms with Gasteiger partial charge in [0.2, 0.25) is 0 Å². The molecule has 2 N–H and O–H groups in total. The van der Waals surface area contributed by atoms with Crippen LogP contribution in [0.3, 0.4) is 0 Å². The molecule has 134 valence electrons. The Morgan fingerprint density at radius 1 is 1.22 bits per heavy atom. The maximum absolute atomic E-state index is 12.9. The van der Waals surface area contributed by atoms with Crippen LogP contribution in [0.4, 0.5) is 0 Å². The van der Waals surface area contributed by atoms with Gasteiger partial charge in [0.1, 0.15) is 5.70 Å². The van der Waals surface area contributed by atoms with E-state index in [1.807, 2.05) is 48.9 Å². The minimum absolute atomic E-state index is 0.173. The number of rotatable bonds is 1. The van der Waals surface area contributed by atoms with E-state index < -0.39 is 6.17 Å². The molecule has 0 aliphatic carbocycles. The summed E-state index contributed by atoms with van der Waals surface area (Å²) in [5, 5.41) is 12.4. The predicted molar refractivity (Wildman–Crippen MR) is 110 cm³/mol. The van der Waals surface area contributed by atoms with Gasteiger partial charge in [-0.25, -0.2) is 5.01 Å². The fourth-order valence-corrected chi connectivity index (χ4v) is 4.18. The first-order valence-electron chi connectivity index (χ1n) is 8.32. The summed E-state index contributed by atoms with van der Waals surface area (Å²) in [6, 6.07) is 13.8. The Balaban J connectivity index is 1.82. The van der Waals surface area contributed by atoms with Gasteiger partial charge in [0, 0.05) is 32.4 Å². The minimum Gasteiger partial charge on any atom is -0.361 e. The van der Waals surface area contributed by atoms with Crippen LogP contribution in [0.5, 0.6) is 0 Å². The van der Waals surface area contributed by atoms with Crippen LogP contribution < -0.4 is 15.9 Å². The molecule has 5 rings (SSSR count). The number of thioether (sulfide) groups is 1. The largest absolute Gasteiger partial charge is 0.361 e. The summed E-state index contributed by atoms with van der Waals surface area (Å²) < 4.78 is 0.891. The van der Waals surface area contributed by atoms with Gasteiger partial charge in [-0.2, -0.15) is 0 Å². The molecule has 3 aromatic rings. The van der Waals surface area contributed by atoms with Gasteiger partial charge in [0.15, 0.2) is 11.3 Å². The fourth-order valence-electron chi connectivity index (χ4n) is 3.45. The summed E-state index contributed by atoms with van der Waals surface area (Å²) >= 11 is 4.89. The molecule has 0 saturated carbocycles. The van der Waals surface area contributed by atoms with E-state index in [0.29, 0.717) is 10.9 Å². The van der Waals surface area contributed by atoms with Crippen LogP contribution in [0, 0.1) is 0 Å². The van der Waals surface area contributed by atoms with E-state index >= 15 is 0 Å². The van der Waals surface area contributed by atoms with Crippen molar-refractivity contribution in [1.82, 2.24) is 15.3 Å². The highest BCUT2D eigenvalue weighted by molar-refractivity contribution is 9.10. The molecule has 2 aromatic carbocycles. The molecule has 0 spiro atoms. The highest BCUT2D eigenvalue weighted by Crippen LogP contribution is 2.34. The molecular weight excluding hydrogens is 426 g/mol. The average Bonchev–Trinajstić information content (AvgIpc) is 3.11. The molecule has 8 heteroatoms. The molecule has 2 aliphatic heterocycles. The number of amidine groups is 1. The predicted octanol–water partition coefficient (Wildman–Crippen LogP) is 2.44. The van der Waals surface area contributed by atoms with E-state index in [-0.39, 0.29) is 5.91 Å². The molecule has 6 nitrogen and oxygen atoms in total. The van der Waals surface area contributed by atoms with Crippen molar-refractivity contribution in [2.45, 2.75) is 6.17 Å². The summed E-state index contributed by atoms with van der Waals surface area (Å²) in [5.74, 6) is -0.173. The van der Waals surface area contributed by atoms with Gasteiger partial charge < -0.3 is 4.98 Å². The quantitative estimate of drug-likeness (QED) is 0.611. The number of carbonyl (C=O) groups is 1. The molecule has 1 unspecified atom stereocenters. The van der Waals surface area contributed by atoms with E-state index in [2.05, 4.69) is 37.4 Å². The van der Waals surface area contributed by atoms with E-state index in [9.17, 15) is 4.79 Å². The second kappa shape index (κ2) is 6.24. The Kier molecular flexibility index (Phi) is 3.84. The minimum atomic E-state index is -0.418. The first-order chi connectivity index (χ1) is 13.2. The summed E-state index contributed by atoms with van der Waals surface area (Å²) in [5.41, 5.74) is 2.52. The van der Waals surface area contributed by atoms with Gasteiger partial charge in [0.05, 0.1) is 5.36 Å². The molecule has 1 atom stereocenters. The van der Waals surface area contributed by atoms with Crippen molar-refractivity contribution >= 4 is 55.4 Å². The van der Waals surface area contributed by atoms with Crippen LogP contribution >= 0.6 is 27.7 Å². The second-order valence-corrected chi connectivity index (χ2v) is 7.92. The zero-order valence-electron chi connectivity index (χ0n) is 14.2. The van der Waals surface area contributed by atoms with Crippen molar-refractivity contribution in [3.63, 3.8) is 0 Å². The molecule has 0 fully saturated rings. The topological polar surface area (TPSA) is 72.8 Å². The number of nitrogens with one attached hydrogen (secondary N) is 2. The number of hydrogen-bond donors (Lipinski definition) is 2. The van der Waals surface area contributed by atoms with Crippen LogP contribution in [0.1, 0.15) is 11.7 Å². The van der Waals surface area contributed by atoms with Crippen LogP contribution in [-0.2, 0) is 4.79 Å². The number of hydrazone groups is 1. The third-order valence-corrected chi connectivity index (χ3v) is 5.73. The lowest BCUT2D eigenvalue weighted by atomic mass is 10.1. The van der Waals surface area contributed by atoms with Gasteiger partial charge in [-0.1, -0.05) is 45.9 Å². The van der Waals surface area contributed by atoms with Gasteiger partial charge in [-0.15, -0.1) is 5.10 Å². The van der Waals surface area contributed by atoms with Crippen molar-refractivity contribution in [3.8, 4) is 0 Å². The van der Waals surface area contributed by atoms with Gasteiger partial charge in [-0.3, -0.25) is 15.1 Å². The van der Waals surface area contributed by atoms with Gasteiger partial charge in [0.25, 0.3) is 5.91 Å². The number of carbonyl (C=O) groups excluding carboxylic acids is 1. The number of amides is 1. The molecule has 0 radical (unpaired) electrons. The maximum Gasteiger partial charge on any atom is 0.276 e. The average molecular weight is 440 g/mol. The van der Waals surface area contributed by atoms with Gasteiger partial charge >= 0.3 is 0 Å². The summed E-state index contributed by atoms with van der Waals surface area (Å²) in [7, 11) is 0. The zero-order chi connectivity index (χ0) is 18.5. The van der Waals surface area contributed by atoms with Crippen LogP contribution in [-0.4, -0.2) is 27.3 Å². The van der Waals surface area contributed by atoms with Crippen molar-refractivity contribution in [1.29, 1.82) is 0 Å². The monoisotopic (exact) mass is 439 g/mol. The van der Waals surface area contributed by atoms with Crippen molar-refractivity contribution < 1.29 is 4.79 Å². The standard InChI is InChI=1S/C19H14BrN5OS/c1-27-19-23-18(26)16-12-8-10(20)6-7-15(12)22-17(25(16)24-19)13-9-21-14-5-3-2-4-11(13)14/h2-9,17,21H,1H3,(H,23,24,26). The fraction of sp³-hybridized carbons (Fsp3) is 0.105. The van der Waals surface area contributed by atoms with E-state index in [1.165, 1.54) is 11.8 Å². The van der Waals surface area contributed by atoms with E-state index in [4.69, 9.17) is 4.99 Å². The molecule has 3 heterocycles. The van der Waals surface area contributed by atoms with E-state index in [1.54, 1.807) is 5.01 Å². The normalized spacial score (nSPS) is 18.5. The summed E-state index contributed by atoms with van der Waals surface area (Å²) in [6.07, 6.45) is 3.41. The number of aromatic nitrogens is 1. The number of halogens is 1. The van der Waals surface area contributed by atoms with Gasteiger partial charge in [-0.05, 0) is 30.5 Å². The molecule has 1 aromatic heterocycles. The Labute approximate surface area is 167 Å². The third-order valence-electron chi connectivity index (χ3n) is 4.66. The SMILES string of the molecule is CSC1=NN2C(=c3cc(Br)ccc3=NC2c2c[nH]c3ccccc23)C(=O)N1. The van der Waals surface area contributed by atoms with Crippen molar-refractivity contribution in [2.75, 3.05) is 6.26 Å². The third kappa shape index (κ3) is 2.59. The Morgan fingerprint density at radius 2 is 2.07 bits per heavy atom. The number of benzene rings is 2.